The van der Waals surface area contributed by atoms with Gasteiger partial charge in [-0.1, -0.05) is 18.2 Å². The van der Waals surface area contributed by atoms with E-state index in [2.05, 4.69) is 10.3 Å². The predicted octanol–water partition coefficient (Wildman–Crippen LogP) is 3.16. The molecule has 1 aliphatic carbocycles. The molecule has 0 unspecified atom stereocenters. The summed E-state index contributed by atoms with van der Waals surface area (Å²) in [7, 11) is 0. The van der Waals surface area contributed by atoms with Crippen LogP contribution in [0.15, 0.2) is 42.6 Å². The summed E-state index contributed by atoms with van der Waals surface area (Å²) in [6, 6.07) is 10.5. The van der Waals surface area contributed by atoms with Crippen LogP contribution in [0.5, 0.6) is 11.6 Å². The van der Waals surface area contributed by atoms with E-state index in [1.807, 2.05) is 12.1 Å². The minimum atomic E-state index is -0.679. The quantitative estimate of drug-likeness (QED) is 0.688. The maximum Gasteiger partial charge on any atom is 0.261 e. The number of ether oxygens (including phenoxy) is 2. The van der Waals surface area contributed by atoms with Crippen molar-refractivity contribution in [3.05, 3.63) is 53.7 Å². The van der Waals surface area contributed by atoms with Crippen LogP contribution in [0.1, 0.15) is 42.6 Å². The first-order valence-electron chi connectivity index (χ1n) is 9.14. The summed E-state index contributed by atoms with van der Waals surface area (Å²) in [6.45, 7) is 4.24. The van der Waals surface area contributed by atoms with Gasteiger partial charge in [0.05, 0.1) is 6.61 Å². The Morgan fingerprint density at radius 3 is 2.74 bits per heavy atom. The summed E-state index contributed by atoms with van der Waals surface area (Å²) in [5, 5.41) is 2.82. The monoisotopic (exact) mass is 368 g/mol. The lowest BCUT2D eigenvalue weighted by atomic mass is 10.1. The van der Waals surface area contributed by atoms with E-state index in [0.29, 0.717) is 29.7 Å². The molecular formula is C21H24N2O4. The summed E-state index contributed by atoms with van der Waals surface area (Å²) in [4.78, 5) is 27.9. The molecule has 0 spiro atoms. The SMILES string of the molecule is CC(=O)c1cccc(O[C@@H](C)C(=O)NCc2ccc(OCC3CC3)nc2)c1. The number of benzene rings is 1. The van der Waals surface area contributed by atoms with Crippen LogP contribution in [0.3, 0.4) is 0 Å². The molecule has 1 amide bonds. The van der Waals surface area contributed by atoms with E-state index in [4.69, 9.17) is 9.47 Å². The number of carbonyl (C=O) groups is 2. The molecular weight excluding hydrogens is 344 g/mol. The third kappa shape index (κ3) is 5.81. The lowest BCUT2D eigenvalue weighted by Crippen LogP contribution is -2.35. The first-order valence-corrected chi connectivity index (χ1v) is 9.14. The van der Waals surface area contributed by atoms with E-state index in [1.54, 1.807) is 37.4 Å². The van der Waals surface area contributed by atoms with Gasteiger partial charge in [-0.15, -0.1) is 0 Å². The van der Waals surface area contributed by atoms with Gasteiger partial charge < -0.3 is 14.8 Å². The molecule has 2 aromatic rings. The van der Waals surface area contributed by atoms with Crippen LogP contribution >= 0.6 is 0 Å². The average molecular weight is 368 g/mol. The molecule has 142 valence electrons. The van der Waals surface area contributed by atoms with E-state index in [0.717, 1.165) is 12.2 Å². The van der Waals surface area contributed by atoms with Crippen molar-refractivity contribution in [3.63, 3.8) is 0 Å². The number of Topliss-reactive ketones (excluding diaryl/α,β-unsaturated/α-hetero) is 1. The maximum atomic E-state index is 12.2. The second-order valence-corrected chi connectivity index (χ2v) is 6.82. The molecule has 1 aromatic carbocycles. The van der Waals surface area contributed by atoms with Crippen LogP contribution in [0, 0.1) is 5.92 Å². The summed E-state index contributed by atoms with van der Waals surface area (Å²) >= 11 is 0. The molecule has 6 heteroatoms. The van der Waals surface area contributed by atoms with Crippen molar-refractivity contribution in [1.29, 1.82) is 0 Å². The third-order valence-corrected chi connectivity index (χ3v) is 4.35. The fraction of sp³-hybridized carbons (Fsp3) is 0.381. The first-order chi connectivity index (χ1) is 13.0. The molecule has 1 saturated carbocycles. The van der Waals surface area contributed by atoms with Crippen LogP contribution in [0.2, 0.25) is 0 Å². The molecule has 3 rings (SSSR count). The van der Waals surface area contributed by atoms with Gasteiger partial charge in [0.1, 0.15) is 5.75 Å². The Kier molecular flexibility index (Phi) is 6.06. The second-order valence-electron chi connectivity index (χ2n) is 6.82. The van der Waals surface area contributed by atoms with Gasteiger partial charge in [0.2, 0.25) is 5.88 Å². The summed E-state index contributed by atoms with van der Waals surface area (Å²) in [6.07, 6.45) is 3.50. The molecule has 1 fully saturated rings. The highest BCUT2D eigenvalue weighted by Gasteiger charge is 2.22. The van der Waals surface area contributed by atoms with E-state index >= 15 is 0 Å². The normalized spacial score (nSPS) is 14.3. The molecule has 6 nitrogen and oxygen atoms in total. The van der Waals surface area contributed by atoms with Crippen LogP contribution in [-0.4, -0.2) is 29.4 Å². The number of carbonyl (C=O) groups excluding carboxylic acids is 2. The number of ketones is 1. The molecule has 0 radical (unpaired) electrons. The number of hydrogen-bond donors (Lipinski definition) is 1. The number of nitrogens with zero attached hydrogens (tertiary/aromatic N) is 1. The summed E-state index contributed by atoms with van der Waals surface area (Å²) < 4.78 is 11.2. The standard InChI is InChI=1S/C21H24N2O4/c1-14(24)18-4-3-5-19(10-18)27-15(2)21(25)23-12-17-8-9-20(22-11-17)26-13-16-6-7-16/h3-5,8-11,15-16H,6-7,12-13H2,1-2H3,(H,23,25)/t15-/m0/s1. The number of pyridine rings is 1. The van der Waals surface area contributed by atoms with Crippen molar-refractivity contribution in [3.8, 4) is 11.6 Å². The van der Waals surface area contributed by atoms with E-state index in [-0.39, 0.29) is 11.7 Å². The highest BCUT2D eigenvalue weighted by molar-refractivity contribution is 5.94. The van der Waals surface area contributed by atoms with E-state index in [9.17, 15) is 9.59 Å². The lowest BCUT2D eigenvalue weighted by Gasteiger charge is -2.15. The van der Waals surface area contributed by atoms with Gasteiger partial charge >= 0.3 is 0 Å². The van der Waals surface area contributed by atoms with Gasteiger partial charge in [-0.05, 0) is 50.3 Å². The summed E-state index contributed by atoms with van der Waals surface area (Å²) in [5.74, 6) is 1.50. The molecule has 27 heavy (non-hydrogen) atoms. The largest absolute Gasteiger partial charge is 0.481 e. The Labute approximate surface area is 158 Å². The Balaban J connectivity index is 1.46. The average Bonchev–Trinajstić information content (AvgIpc) is 3.50. The molecule has 1 aliphatic rings. The molecule has 1 aromatic heterocycles. The molecule has 0 aliphatic heterocycles. The van der Waals surface area contributed by atoms with Crippen LogP contribution < -0.4 is 14.8 Å². The van der Waals surface area contributed by atoms with Crippen molar-refractivity contribution in [1.82, 2.24) is 10.3 Å². The fourth-order valence-corrected chi connectivity index (χ4v) is 2.47. The van der Waals surface area contributed by atoms with Crippen LogP contribution in [-0.2, 0) is 11.3 Å². The minimum absolute atomic E-state index is 0.0467. The predicted molar refractivity (Wildman–Crippen MR) is 101 cm³/mol. The zero-order valence-electron chi connectivity index (χ0n) is 15.6. The fourth-order valence-electron chi connectivity index (χ4n) is 2.47. The number of rotatable bonds is 9. The zero-order valence-corrected chi connectivity index (χ0v) is 15.6. The lowest BCUT2D eigenvalue weighted by molar-refractivity contribution is -0.127. The van der Waals surface area contributed by atoms with Gasteiger partial charge in [-0.25, -0.2) is 4.98 Å². The molecule has 1 atom stereocenters. The highest BCUT2D eigenvalue weighted by atomic mass is 16.5. The van der Waals surface area contributed by atoms with Crippen LogP contribution in [0.4, 0.5) is 0 Å². The number of aromatic nitrogens is 1. The number of nitrogens with one attached hydrogen (secondary N) is 1. The number of hydrogen-bond acceptors (Lipinski definition) is 5. The maximum absolute atomic E-state index is 12.2. The van der Waals surface area contributed by atoms with Crippen LogP contribution in [0.25, 0.3) is 0 Å². The van der Waals surface area contributed by atoms with Gasteiger partial charge in [0.25, 0.3) is 5.91 Å². The Morgan fingerprint density at radius 1 is 1.26 bits per heavy atom. The first kappa shape index (κ1) is 18.9. The van der Waals surface area contributed by atoms with Crippen molar-refractivity contribution < 1.29 is 19.1 Å². The Hall–Kier alpha value is -2.89. The molecule has 1 heterocycles. The highest BCUT2D eigenvalue weighted by Crippen LogP contribution is 2.29. The van der Waals surface area contributed by atoms with Crippen molar-refractivity contribution >= 4 is 11.7 Å². The van der Waals surface area contributed by atoms with Gasteiger partial charge in [0.15, 0.2) is 11.9 Å². The minimum Gasteiger partial charge on any atom is -0.481 e. The van der Waals surface area contributed by atoms with E-state index < -0.39 is 6.10 Å². The van der Waals surface area contributed by atoms with Crippen molar-refractivity contribution in [2.24, 2.45) is 5.92 Å². The van der Waals surface area contributed by atoms with Crippen molar-refractivity contribution in [2.45, 2.75) is 39.3 Å². The molecule has 0 bridgehead atoms. The summed E-state index contributed by atoms with van der Waals surface area (Å²) in [5.41, 5.74) is 1.43. The number of amides is 1. The molecule has 1 N–H and O–H groups in total. The Morgan fingerprint density at radius 2 is 2.07 bits per heavy atom. The zero-order chi connectivity index (χ0) is 19.2. The Bertz CT molecular complexity index is 800. The van der Waals surface area contributed by atoms with Gasteiger partial charge in [0, 0.05) is 24.4 Å². The van der Waals surface area contributed by atoms with Gasteiger partial charge in [-0.3, -0.25) is 9.59 Å². The third-order valence-electron chi connectivity index (χ3n) is 4.35. The van der Waals surface area contributed by atoms with Crippen molar-refractivity contribution in [2.75, 3.05) is 6.61 Å². The van der Waals surface area contributed by atoms with E-state index in [1.165, 1.54) is 19.8 Å². The second kappa shape index (κ2) is 8.66. The molecule has 0 saturated heterocycles. The smallest absolute Gasteiger partial charge is 0.261 e. The topological polar surface area (TPSA) is 77.5 Å². The van der Waals surface area contributed by atoms with Gasteiger partial charge in [-0.2, -0.15) is 0 Å².